The number of nitrogens with one attached hydrogen (secondary N) is 1. The number of benzene rings is 1. The second kappa shape index (κ2) is 7.39. The summed E-state index contributed by atoms with van der Waals surface area (Å²) in [6, 6.07) is 7.31. The van der Waals surface area contributed by atoms with E-state index < -0.39 is 6.04 Å². The van der Waals surface area contributed by atoms with Gasteiger partial charge in [0.25, 0.3) is 0 Å². The first-order chi connectivity index (χ1) is 8.52. The standard InChI is InChI=1S/C14H21ClN2O/c1-3-5-13(16)14(18)17-10(2)8-11-6-4-7-12(15)9-11/h4,6-7,9-10,13H,3,5,8,16H2,1-2H3,(H,17,18). The van der Waals surface area contributed by atoms with E-state index >= 15 is 0 Å². The highest BCUT2D eigenvalue weighted by Gasteiger charge is 2.14. The number of carbonyl (C=O) groups is 1. The van der Waals surface area contributed by atoms with E-state index in [1.807, 2.05) is 38.1 Å². The van der Waals surface area contributed by atoms with Crippen molar-refractivity contribution >= 4 is 17.5 Å². The normalized spacial score (nSPS) is 14.0. The molecule has 3 nitrogen and oxygen atoms in total. The Hall–Kier alpha value is -1.06. The van der Waals surface area contributed by atoms with Gasteiger partial charge >= 0.3 is 0 Å². The van der Waals surface area contributed by atoms with Crippen LogP contribution >= 0.6 is 11.6 Å². The van der Waals surface area contributed by atoms with Crippen LogP contribution in [0, 0.1) is 0 Å². The Balaban J connectivity index is 2.46. The van der Waals surface area contributed by atoms with Crippen molar-refractivity contribution < 1.29 is 4.79 Å². The molecule has 2 unspecified atom stereocenters. The van der Waals surface area contributed by atoms with E-state index in [1.54, 1.807) is 0 Å². The van der Waals surface area contributed by atoms with Crippen LogP contribution in [0.5, 0.6) is 0 Å². The van der Waals surface area contributed by atoms with Gasteiger partial charge in [0.2, 0.25) is 5.91 Å². The van der Waals surface area contributed by atoms with Gasteiger partial charge in [0, 0.05) is 11.1 Å². The molecule has 0 bridgehead atoms. The Morgan fingerprint density at radius 1 is 1.50 bits per heavy atom. The van der Waals surface area contributed by atoms with Crippen LogP contribution in [0.3, 0.4) is 0 Å². The number of hydrogen-bond acceptors (Lipinski definition) is 2. The van der Waals surface area contributed by atoms with Crippen LogP contribution in [-0.2, 0) is 11.2 Å². The summed E-state index contributed by atoms with van der Waals surface area (Å²) in [6.45, 7) is 3.99. The monoisotopic (exact) mass is 268 g/mol. The smallest absolute Gasteiger partial charge is 0.237 e. The minimum Gasteiger partial charge on any atom is -0.352 e. The van der Waals surface area contributed by atoms with Gasteiger partial charge in [-0.15, -0.1) is 0 Å². The Kier molecular flexibility index (Phi) is 6.16. The van der Waals surface area contributed by atoms with E-state index in [9.17, 15) is 4.79 Å². The number of hydrogen-bond donors (Lipinski definition) is 2. The molecule has 0 aliphatic rings. The molecular weight excluding hydrogens is 248 g/mol. The zero-order valence-corrected chi connectivity index (χ0v) is 11.7. The van der Waals surface area contributed by atoms with Crippen molar-refractivity contribution in [1.29, 1.82) is 0 Å². The highest BCUT2D eigenvalue weighted by atomic mass is 35.5. The van der Waals surface area contributed by atoms with Gasteiger partial charge < -0.3 is 11.1 Å². The molecule has 1 rings (SSSR count). The van der Waals surface area contributed by atoms with Crippen molar-refractivity contribution in [3.63, 3.8) is 0 Å². The molecule has 0 aliphatic carbocycles. The Labute approximate surface area is 114 Å². The summed E-state index contributed by atoms with van der Waals surface area (Å²) in [5, 5.41) is 3.64. The van der Waals surface area contributed by atoms with Crippen LogP contribution in [0.2, 0.25) is 5.02 Å². The summed E-state index contributed by atoms with van der Waals surface area (Å²) in [4.78, 5) is 11.7. The van der Waals surface area contributed by atoms with E-state index in [1.165, 1.54) is 0 Å². The van der Waals surface area contributed by atoms with Gasteiger partial charge in [-0.25, -0.2) is 0 Å². The first-order valence-corrected chi connectivity index (χ1v) is 6.71. The molecule has 0 fully saturated rings. The van der Waals surface area contributed by atoms with Crippen LogP contribution in [0.4, 0.5) is 0 Å². The van der Waals surface area contributed by atoms with Crippen LogP contribution in [0.25, 0.3) is 0 Å². The van der Waals surface area contributed by atoms with Crippen LogP contribution in [0.15, 0.2) is 24.3 Å². The largest absolute Gasteiger partial charge is 0.352 e. The molecule has 1 aromatic carbocycles. The summed E-state index contributed by atoms with van der Waals surface area (Å²) >= 11 is 5.92. The number of amides is 1. The lowest BCUT2D eigenvalue weighted by atomic mass is 10.1. The highest BCUT2D eigenvalue weighted by Crippen LogP contribution is 2.12. The molecular formula is C14H21ClN2O. The van der Waals surface area contributed by atoms with E-state index in [4.69, 9.17) is 17.3 Å². The van der Waals surface area contributed by atoms with Crippen molar-refractivity contribution in [2.45, 2.75) is 45.2 Å². The van der Waals surface area contributed by atoms with Gasteiger partial charge in [-0.05, 0) is 37.5 Å². The Bertz CT molecular complexity index is 395. The second-order valence-corrected chi connectivity index (χ2v) is 5.08. The molecule has 1 amide bonds. The molecule has 4 heteroatoms. The maximum absolute atomic E-state index is 11.7. The third-order valence-electron chi connectivity index (χ3n) is 2.76. The topological polar surface area (TPSA) is 55.1 Å². The molecule has 0 saturated heterocycles. The van der Waals surface area contributed by atoms with Crippen LogP contribution in [-0.4, -0.2) is 18.0 Å². The molecule has 3 N–H and O–H groups in total. The van der Waals surface area contributed by atoms with Crippen molar-refractivity contribution in [3.05, 3.63) is 34.9 Å². The average molecular weight is 269 g/mol. The Morgan fingerprint density at radius 3 is 2.83 bits per heavy atom. The van der Waals surface area contributed by atoms with E-state index in [0.717, 1.165) is 24.8 Å². The fourth-order valence-electron chi connectivity index (χ4n) is 1.86. The van der Waals surface area contributed by atoms with Gasteiger partial charge in [-0.1, -0.05) is 37.1 Å². The quantitative estimate of drug-likeness (QED) is 0.833. The molecule has 0 aliphatic heterocycles. The van der Waals surface area contributed by atoms with Gasteiger partial charge in [-0.3, -0.25) is 4.79 Å². The van der Waals surface area contributed by atoms with E-state index in [2.05, 4.69) is 5.32 Å². The van der Waals surface area contributed by atoms with E-state index in [0.29, 0.717) is 5.02 Å². The number of carbonyl (C=O) groups excluding carboxylic acids is 1. The fraction of sp³-hybridized carbons (Fsp3) is 0.500. The van der Waals surface area contributed by atoms with Crippen molar-refractivity contribution in [1.82, 2.24) is 5.32 Å². The van der Waals surface area contributed by atoms with Gasteiger partial charge in [0.15, 0.2) is 0 Å². The van der Waals surface area contributed by atoms with Crippen molar-refractivity contribution in [3.8, 4) is 0 Å². The summed E-state index contributed by atoms with van der Waals surface area (Å²) in [5.41, 5.74) is 6.87. The summed E-state index contributed by atoms with van der Waals surface area (Å²) in [6.07, 6.45) is 2.39. The third-order valence-corrected chi connectivity index (χ3v) is 2.99. The van der Waals surface area contributed by atoms with Crippen LogP contribution in [0.1, 0.15) is 32.3 Å². The van der Waals surface area contributed by atoms with Gasteiger partial charge in [-0.2, -0.15) is 0 Å². The van der Waals surface area contributed by atoms with Crippen molar-refractivity contribution in [2.24, 2.45) is 5.73 Å². The maximum atomic E-state index is 11.7. The molecule has 0 heterocycles. The average Bonchev–Trinajstić information content (AvgIpc) is 2.28. The molecule has 0 spiro atoms. The summed E-state index contributed by atoms with van der Waals surface area (Å²) in [7, 11) is 0. The predicted molar refractivity (Wildman–Crippen MR) is 75.6 cm³/mol. The lowest BCUT2D eigenvalue weighted by molar-refractivity contribution is -0.123. The summed E-state index contributed by atoms with van der Waals surface area (Å²) < 4.78 is 0. The lowest BCUT2D eigenvalue weighted by Crippen LogP contribution is -2.45. The highest BCUT2D eigenvalue weighted by molar-refractivity contribution is 6.30. The molecule has 2 atom stereocenters. The second-order valence-electron chi connectivity index (χ2n) is 4.64. The maximum Gasteiger partial charge on any atom is 0.237 e. The third kappa shape index (κ3) is 5.07. The molecule has 0 saturated carbocycles. The molecule has 100 valence electrons. The summed E-state index contributed by atoms with van der Waals surface area (Å²) in [5.74, 6) is -0.0774. The zero-order chi connectivity index (χ0) is 13.5. The molecule has 0 aromatic heterocycles. The fourth-order valence-corrected chi connectivity index (χ4v) is 2.07. The molecule has 0 radical (unpaired) electrons. The van der Waals surface area contributed by atoms with Gasteiger partial charge in [0.1, 0.15) is 0 Å². The number of halogens is 1. The predicted octanol–water partition coefficient (Wildman–Crippen LogP) is 2.51. The number of rotatable bonds is 6. The first kappa shape index (κ1) is 15.0. The number of nitrogens with two attached hydrogens (primary N) is 1. The first-order valence-electron chi connectivity index (χ1n) is 6.33. The van der Waals surface area contributed by atoms with Crippen molar-refractivity contribution in [2.75, 3.05) is 0 Å². The SMILES string of the molecule is CCCC(N)C(=O)NC(C)Cc1cccc(Cl)c1. The minimum atomic E-state index is -0.406. The lowest BCUT2D eigenvalue weighted by Gasteiger charge is -2.17. The van der Waals surface area contributed by atoms with Crippen LogP contribution < -0.4 is 11.1 Å². The van der Waals surface area contributed by atoms with E-state index in [-0.39, 0.29) is 11.9 Å². The molecule has 1 aromatic rings. The zero-order valence-electron chi connectivity index (χ0n) is 10.9. The minimum absolute atomic E-state index is 0.0545. The molecule has 18 heavy (non-hydrogen) atoms. The van der Waals surface area contributed by atoms with Gasteiger partial charge in [0.05, 0.1) is 6.04 Å². The Morgan fingerprint density at radius 2 is 2.22 bits per heavy atom.